The molecular weight excluding hydrogens is 162 g/mol. The summed E-state index contributed by atoms with van der Waals surface area (Å²) in [6.07, 6.45) is 0. The van der Waals surface area contributed by atoms with Gasteiger partial charge in [-0.15, -0.1) is 0 Å². The topological polar surface area (TPSA) is 98.6 Å². The Morgan fingerprint density at radius 2 is 1.89 bits per heavy atom. The summed E-state index contributed by atoms with van der Waals surface area (Å²) >= 11 is 0. The third-order valence-electron chi connectivity index (χ3n) is 0.302. The average molecular weight is 169 g/mol. The maximum atomic E-state index is 9.47. The molecule has 7 heteroatoms. The number of halogens is 1. The molecule has 0 heterocycles. The van der Waals surface area contributed by atoms with E-state index in [1.54, 1.807) is 0 Å². The molecule has 0 aliphatic carbocycles. The maximum absolute atomic E-state index is 9.47. The van der Waals surface area contributed by atoms with E-state index in [9.17, 15) is 14.0 Å². The third kappa shape index (κ3) is 12.3. The smallest absolute Gasteiger partial charge is 1.00 e. The van der Waals surface area contributed by atoms with Crippen molar-refractivity contribution >= 4 is 0 Å². The van der Waals surface area contributed by atoms with Gasteiger partial charge < -0.3 is 6.53 Å². The minimum Gasteiger partial charge on any atom is -1.00 e. The van der Waals surface area contributed by atoms with Crippen molar-refractivity contribution in [1.82, 2.24) is 0 Å². The van der Waals surface area contributed by atoms with Crippen molar-refractivity contribution in [2.45, 2.75) is 0 Å². The maximum Gasteiger partial charge on any atom is 1.00 e. The van der Waals surface area contributed by atoms with E-state index in [0.29, 0.717) is 0 Å². The number of rotatable bonds is 3. The van der Waals surface area contributed by atoms with Crippen LogP contribution in [-0.2, 0) is 4.29 Å². The number of aliphatic hydroxyl groups is 1. The van der Waals surface area contributed by atoms with E-state index in [-0.39, 0.29) is 31.0 Å². The molecule has 0 aliphatic heterocycles. The Hall–Kier alpha value is 1.09. The van der Waals surface area contributed by atoms with Crippen LogP contribution in [0, 0.1) is 10.2 Å². The summed E-state index contributed by atoms with van der Waals surface area (Å²) < 4.78 is 31.9. The van der Waals surface area contributed by atoms with Crippen LogP contribution in [0.5, 0.6) is 0 Å². The van der Waals surface area contributed by atoms with Crippen LogP contribution < -0.4 is 43.5 Å². The second kappa shape index (κ2) is 5.84. The molecule has 52 valence electrons. The Bertz CT molecular complexity index is 67.2. The summed E-state index contributed by atoms with van der Waals surface area (Å²) in [5.74, 6) is 0. The molecule has 5 nitrogen and oxygen atoms in total. The van der Waals surface area contributed by atoms with Crippen LogP contribution in [0.1, 0.15) is 1.43 Å². The zero-order chi connectivity index (χ0) is 6.62. The molecule has 0 aromatic rings. The largest absolute Gasteiger partial charge is 1.00 e. The van der Waals surface area contributed by atoms with Crippen LogP contribution in [0.2, 0.25) is 0 Å². The van der Waals surface area contributed by atoms with Gasteiger partial charge in [-0.1, -0.05) is 0 Å². The number of hydrogen-bond donors (Lipinski definition) is 1. The van der Waals surface area contributed by atoms with Gasteiger partial charge in [-0.2, -0.15) is 14.0 Å². The first-order chi connectivity index (χ1) is 3.56. The molecule has 0 amide bonds. The van der Waals surface area contributed by atoms with Gasteiger partial charge in [0.05, 0.1) is 21.1 Å². The van der Waals surface area contributed by atoms with Crippen molar-refractivity contribution in [2.75, 3.05) is 13.2 Å². The van der Waals surface area contributed by atoms with Crippen LogP contribution in [0.4, 0.5) is 0 Å². The minimum atomic E-state index is -4.35. The Labute approximate surface area is 77.8 Å². The molecule has 0 fully saturated rings. The van der Waals surface area contributed by atoms with E-state index in [1.165, 1.54) is 0 Å². The molecule has 9 heavy (non-hydrogen) atoms. The first kappa shape index (κ1) is 12.7. The molecule has 0 aromatic heterocycles. The molecule has 0 bridgehead atoms. The molecule has 0 atom stereocenters. The third-order valence-corrected chi connectivity index (χ3v) is 0.724. The SMILES string of the molecule is [H-].[Na+].[O-][Cl+3]([O-])([O-])OCCO. The van der Waals surface area contributed by atoms with Crippen molar-refractivity contribution in [1.29, 1.82) is 0 Å². The van der Waals surface area contributed by atoms with Gasteiger partial charge in [0, 0.05) is 0 Å². The molecule has 0 aliphatic rings. The van der Waals surface area contributed by atoms with Crippen LogP contribution in [0.3, 0.4) is 0 Å². The zero-order valence-electron chi connectivity index (χ0n) is 5.87. The van der Waals surface area contributed by atoms with Gasteiger partial charge in [-0.25, -0.2) is 0 Å². The van der Waals surface area contributed by atoms with Crippen molar-refractivity contribution in [3.8, 4) is 0 Å². The van der Waals surface area contributed by atoms with Crippen molar-refractivity contribution in [3.63, 3.8) is 0 Å². The van der Waals surface area contributed by atoms with Crippen LogP contribution in [0.25, 0.3) is 0 Å². The monoisotopic (exact) mass is 168 g/mol. The second-order valence-electron chi connectivity index (χ2n) is 0.915. The van der Waals surface area contributed by atoms with Gasteiger partial charge in [-0.3, -0.25) is 0 Å². The zero-order valence-corrected chi connectivity index (χ0v) is 7.63. The molecule has 0 saturated carbocycles. The molecule has 0 unspecified atom stereocenters. The summed E-state index contributed by atoms with van der Waals surface area (Å²) in [6, 6.07) is 0. The van der Waals surface area contributed by atoms with E-state index >= 15 is 0 Å². The van der Waals surface area contributed by atoms with Gasteiger partial charge in [-0.05, 0) is 0 Å². The summed E-state index contributed by atoms with van der Waals surface area (Å²) in [6.45, 7) is -0.956. The molecule has 0 rings (SSSR count). The van der Waals surface area contributed by atoms with E-state index in [1.807, 2.05) is 0 Å². The Kier molecular flexibility index (Phi) is 8.27. The normalized spacial score (nSPS) is 10.7. The molecule has 1 N–H and O–H groups in total. The predicted octanol–water partition coefficient (Wildman–Crippen LogP) is -6.99. The first-order valence-electron chi connectivity index (χ1n) is 1.72. The van der Waals surface area contributed by atoms with Gasteiger partial charge in [0.1, 0.15) is 0 Å². The summed E-state index contributed by atoms with van der Waals surface area (Å²) in [7, 11) is -4.35. The van der Waals surface area contributed by atoms with Crippen molar-refractivity contribution in [3.05, 3.63) is 0 Å². The van der Waals surface area contributed by atoms with Gasteiger partial charge in [0.25, 0.3) is 0 Å². The Morgan fingerprint density at radius 3 is 2.00 bits per heavy atom. The average Bonchev–Trinajstić information content (AvgIpc) is 1.59. The second-order valence-corrected chi connectivity index (χ2v) is 1.89. The van der Waals surface area contributed by atoms with Crippen LogP contribution in [-0.4, -0.2) is 18.3 Å². The van der Waals surface area contributed by atoms with Crippen LogP contribution in [0.15, 0.2) is 0 Å². The Morgan fingerprint density at radius 1 is 1.44 bits per heavy atom. The van der Waals surface area contributed by atoms with Crippen molar-refractivity contribution in [2.24, 2.45) is 0 Å². The fourth-order valence-electron chi connectivity index (χ4n) is 0.129. The first-order valence-corrected chi connectivity index (χ1v) is 2.96. The van der Waals surface area contributed by atoms with Crippen molar-refractivity contribution < 1.29 is 64.6 Å². The van der Waals surface area contributed by atoms with Gasteiger partial charge in [0.15, 0.2) is 0 Å². The predicted molar refractivity (Wildman–Crippen MR) is 14.1 cm³/mol. The van der Waals surface area contributed by atoms with Gasteiger partial charge >= 0.3 is 29.6 Å². The summed E-state index contributed by atoms with van der Waals surface area (Å²) in [5.41, 5.74) is 0. The quantitative estimate of drug-likeness (QED) is 0.422. The fourth-order valence-corrected chi connectivity index (χ4v) is 0.387. The summed E-state index contributed by atoms with van der Waals surface area (Å²) in [4.78, 5) is 0. The molecular formula is C2H6ClNaO5. The Balaban J connectivity index is -0.000000245. The van der Waals surface area contributed by atoms with E-state index < -0.39 is 23.5 Å². The number of hydrogen-bond acceptors (Lipinski definition) is 5. The summed E-state index contributed by atoms with van der Waals surface area (Å²) in [5, 5.41) is 7.90. The fraction of sp³-hybridized carbons (Fsp3) is 1.00. The molecule has 0 radical (unpaired) electrons. The van der Waals surface area contributed by atoms with E-state index in [4.69, 9.17) is 5.11 Å². The van der Waals surface area contributed by atoms with Gasteiger partial charge in [0.2, 0.25) is 6.61 Å². The molecule has 0 aromatic carbocycles. The standard InChI is InChI=1S/C2H5ClO5.Na.H/c4-1-2-8-3(5,6)7;;/h4H,1-2H2;;/q;+1;-1. The van der Waals surface area contributed by atoms with E-state index in [2.05, 4.69) is 4.29 Å². The molecule has 0 spiro atoms. The molecule has 0 saturated heterocycles. The number of aliphatic hydroxyl groups excluding tert-OH is 1. The van der Waals surface area contributed by atoms with Crippen LogP contribution >= 0.6 is 0 Å². The van der Waals surface area contributed by atoms with E-state index in [0.717, 1.165) is 0 Å². The minimum absolute atomic E-state index is 0.